The van der Waals surface area contributed by atoms with E-state index in [0.29, 0.717) is 21.3 Å². The summed E-state index contributed by atoms with van der Waals surface area (Å²) in [6.07, 6.45) is 0. The van der Waals surface area contributed by atoms with Crippen LogP contribution in [0.1, 0.15) is 11.1 Å². The van der Waals surface area contributed by atoms with Crippen LogP contribution in [0.15, 0.2) is 35.2 Å². The number of nitrogens with two attached hydrogens (primary N) is 1. The second-order valence-electron chi connectivity index (χ2n) is 4.73. The van der Waals surface area contributed by atoms with Crippen LogP contribution in [0.2, 0.25) is 10.0 Å². The molecule has 2 aromatic rings. The maximum Gasteiger partial charge on any atom is 0.262 e. The lowest BCUT2D eigenvalue weighted by atomic mass is 10.2. The molecule has 0 aliphatic heterocycles. The second-order valence-corrected chi connectivity index (χ2v) is 7.20. The first kappa shape index (κ1) is 15.9. The van der Waals surface area contributed by atoms with Crippen LogP contribution in [-0.2, 0) is 10.0 Å². The third-order valence-electron chi connectivity index (χ3n) is 2.94. The molecule has 0 saturated carbocycles. The maximum absolute atomic E-state index is 12.4. The van der Waals surface area contributed by atoms with Crippen LogP contribution in [0.4, 0.5) is 11.4 Å². The van der Waals surface area contributed by atoms with Crippen LogP contribution < -0.4 is 10.5 Å². The van der Waals surface area contributed by atoms with Crippen molar-refractivity contribution < 1.29 is 8.42 Å². The summed E-state index contributed by atoms with van der Waals surface area (Å²) >= 11 is 12.0. The average Bonchev–Trinajstić information content (AvgIpc) is 2.38. The lowest BCUT2D eigenvalue weighted by molar-refractivity contribution is 0.601. The van der Waals surface area contributed by atoms with Gasteiger partial charge in [-0.25, -0.2) is 8.42 Å². The highest BCUT2D eigenvalue weighted by Crippen LogP contribution is 2.29. The van der Waals surface area contributed by atoms with Gasteiger partial charge >= 0.3 is 0 Å². The van der Waals surface area contributed by atoms with Crippen LogP contribution in [-0.4, -0.2) is 8.42 Å². The van der Waals surface area contributed by atoms with Gasteiger partial charge in [0.2, 0.25) is 0 Å². The normalized spacial score (nSPS) is 11.4. The molecule has 0 fully saturated rings. The average molecular weight is 345 g/mol. The number of nitrogens with one attached hydrogen (secondary N) is 1. The van der Waals surface area contributed by atoms with E-state index in [4.69, 9.17) is 28.9 Å². The van der Waals surface area contributed by atoms with E-state index in [2.05, 4.69) is 4.72 Å². The summed E-state index contributed by atoms with van der Waals surface area (Å²) in [6.45, 7) is 3.56. The molecule has 112 valence electrons. The Balaban J connectivity index is 2.43. The van der Waals surface area contributed by atoms with E-state index < -0.39 is 10.0 Å². The van der Waals surface area contributed by atoms with Gasteiger partial charge in [0.05, 0.1) is 26.3 Å². The zero-order chi connectivity index (χ0) is 15.8. The smallest absolute Gasteiger partial charge is 0.262 e. The molecule has 0 unspecified atom stereocenters. The molecule has 0 amide bonds. The lowest BCUT2D eigenvalue weighted by Gasteiger charge is -2.12. The molecule has 0 aliphatic carbocycles. The Bertz CT molecular complexity index is 782. The molecule has 2 aromatic carbocycles. The van der Waals surface area contributed by atoms with Gasteiger partial charge in [0.25, 0.3) is 10.0 Å². The van der Waals surface area contributed by atoms with Gasteiger partial charge in [0, 0.05) is 0 Å². The molecule has 21 heavy (non-hydrogen) atoms. The zero-order valence-corrected chi connectivity index (χ0v) is 13.8. The topological polar surface area (TPSA) is 72.2 Å². The van der Waals surface area contributed by atoms with Crippen LogP contribution >= 0.6 is 23.2 Å². The summed E-state index contributed by atoms with van der Waals surface area (Å²) < 4.78 is 27.2. The molecule has 0 bridgehead atoms. The van der Waals surface area contributed by atoms with Crippen molar-refractivity contribution in [3.8, 4) is 0 Å². The first-order chi connectivity index (χ1) is 9.70. The first-order valence-corrected chi connectivity index (χ1v) is 8.29. The highest BCUT2D eigenvalue weighted by molar-refractivity contribution is 7.92. The predicted octanol–water partition coefficient (Wildman–Crippen LogP) is 3.99. The summed E-state index contributed by atoms with van der Waals surface area (Å²) in [5.41, 5.74) is 7.77. The Hall–Kier alpha value is -1.43. The molecule has 0 aromatic heterocycles. The van der Waals surface area contributed by atoms with Gasteiger partial charge in [0.15, 0.2) is 0 Å². The van der Waals surface area contributed by atoms with Gasteiger partial charge in [-0.2, -0.15) is 0 Å². The van der Waals surface area contributed by atoms with Crippen molar-refractivity contribution in [3.05, 3.63) is 51.5 Å². The van der Waals surface area contributed by atoms with Crippen molar-refractivity contribution in [2.45, 2.75) is 18.7 Å². The van der Waals surface area contributed by atoms with Crippen molar-refractivity contribution in [3.63, 3.8) is 0 Å². The third kappa shape index (κ3) is 3.43. The van der Waals surface area contributed by atoms with Gasteiger partial charge in [-0.1, -0.05) is 29.3 Å². The van der Waals surface area contributed by atoms with E-state index >= 15 is 0 Å². The van der Waals surface area contributed by atoms with E-state index in [0.717, 1.165) is 5.56 Å². The summed E-state index contributed by atoms with van der Waals surface area (Å²) in [7, 11) is -3.78. The number of hydrogen-bond acceptors (Lipinski definition) is 3. The van der Waals surface area contributed by atoms with E-state index in [9.17, 15) is 8.42 Å². The Morgan fingerprint density at radius 1 is 1.10 bits per heavy atom. The van der Waals surface area contributed by atoms with Gasteiger partial charge in [-0.05, 0) is 49.2 Å². The van der Waals surface area contributed by atoms with E-state index in [1.807, 2.05) is 6.92 Å². The molecule has 7 heteroatoms. The fraction of sp³-hybridized carbons (Fsp3) is 0.143. The number of nitrogen functional groups attached to an aromatic ring is 1. The molecule has 2 rings (SSSR count). The second kappa shape index (κ2) is 5.75. The predicted molar refractivity (Wildman–Crippen MR) is 87.6 cm³/mol. The van der Waals surface area contributed by atoms with Crippen molar-refractivity contribution in [1.29, 1.82) is 0 Å². The lowest BCUT2D eigenvalue weighted by Crippen LogP contribution is -2.14. The van der Waals surface area contributed by atoms with E-state index in [1.54, 1.807) is 25.1 Å². The molecule has 0 aliphatic rings. The Labute approximate surface area is 133 Å². The highest BCUT2D eigenvalue weighted by Gasteiger charge is 2.18. The van der Waals surface area contributed by atoms with Crippen LogP contribution in [0.25, 0.3) is 0 Å². The molecule has 0 saturated heterocycles. The van der Waals surface area contributed by atoms with Gasteiger partial charge in [0.1, 0.15) is 0 Å². The number of aryl methyl sites for hydroxylation is 2. The number of halogens is 2. The Morgan fingerprint density at radius 2 is 1.76 bits per heavy atom. The number of hydrogen-bond donors (Lipinski definition) is 2. The molecule has 0 spiro atoms. The van der Waals surface area contributed by atoms with Crippen molar-refractivity contribution in [2.75, 3.05) is 10.5 Å². The first-order valence-electron chi connectivity index (χ1n) is 6.05. The fourth-order valence-electron chi connectivity index (χ4n) is 1.82. The number of anilines is 2. The molecular weight excluding hydrogens is 331 g/mol. The van der Waals surface area contributed by atoms with Gasteiger partial charge in [-0.3, -0.25) is 4.72 Å². The fourth-order valence-corrected chi connectivity index (χ4v) is 3.47. The Kier molecular flexibility index (Phi) is 4.37. The Morgan fingerprint density at radius 3 is 2.33 bits per heavy atom. The quantitative estimate of drug-likeness (QED) is 0.826. The summed E-state index contributed by atoms with van der Waals surface area (Å²) in [4.78, 5) is 0.0403. The monoisotopic (exact) mass is 344 g/mol. The van der Waals surface area contributed by atoms with Crippen molar-refractivity contribution in [1.82, 2.24) is 0 Å². The summed E-state index contributed by atoms with van der Waals surface area (Å²) in [5, 5.41) is 0.680. The minimum atomic E-state index is -3.78. The molecular formula is C14H14Cl2N2O2S. The van der Waals surface area contributed by atoms with Crippen LogP contribution in [0.3, 0.4) is 0 Å². The molecule has 0 atom stereocenters. The van der Waals surface area contributed by atoms with Crippen LogP contribution in [0.5, 0.6) is 0 Å². The van der Waals surface area contributed by atoms with Crippen molar-refractivity contribution >= 4 is 44.6 Å². The number of benzene rings is 2. The van der Waals surface area contributed by atoms with E-state index in [-0.39, 0.29) is 10.6 Å². The van der Waals surface area contributed by atoms with Gasteiger partial charge in [-0.15, -0.1) is 0 Å². The highest BCUT2D eigenvalue weighted by atomic mass is 35.5. The molecule has 4 nitrogen and oxygen atoms in total. The molecule has 3 N–H and O–H groups in total. The third-order valence-corrected chi connectivity index (χ3v) is 5.11. The zero-order valence-electron chi connectivity index (χ0n) is 11.4. The minimum Gasteiger partial charge on any atom is -0.397 e. The largest absolute Gasteiger partial charge is 0.397 e. The van der Waals surface area contributed by atoms with Crippen molar-refractivity contribution in [2.24, 2.45) is 0 Å². The van der Waals surface area contributed by atoms with E-state index in [1.165, 1.54) is 12.1 Å². The molecule has 0 heterocycles. The summed E-state index contributed by atoms with van der Waals surface area (Å²) in [6, 6.07) is 7.84. The standard InChI is InChI=1S/C14H14Cl2N2O2S/c1-8-3-4-13(11(15)5-8)18-21(19,20)10-6-9(2)14(16)12(17)7-10/h3-7,18H,17H2,1-2H3. The SMILES string of the molecule is Cc1ccc(NS(=O)(=O)c2cc(C)c(Cl)c(N)c2)c(Cl)c1. The number of rotatable bonds is 3. The molecule has 0 radical (unpaired) electrons. The van der Waals surface area contributed by atoms with Gasteiger partial charge < -0.3 is 5.73 Å². The minimum absolute atomic E-state index is 0.0403. The number of sulfonamides is 1. The van der Waals surface area contributed by atoms with Crippen LogP contribution in [0, 0.1) is 13.8 Å². The maximum atomic E-state index is 12.4. The summed E-state index contributed by atoms with van der Waals surface area (Å²) in [5.74, 6) is 0.